The molecule has 0 bridgehead atoms. The minimum Gasteiger partial charge on any atom is -0.465 e. The Morgan fingerprint density at radius 2 is 1.92 bits per heavy atom. The van der Waals surface area contributed by atoms with E-state index in [0.717, 1.165) is 22.2 Å². The minimum absolute atomic E-state index is 0.0551. The Kier molecular flexibility index (Phi) is 5.62. The van der Waals surface area contributed by atoms with Crippen LogP contribution < -0.4 is 16.8 Å². The monoisotopic (exact) mass is 367 g/mol. The van der Waals surface area contributed by atoms with Crippen LogP contribution in [0.25, 0.3) is 0 Å². The molecule has 2 heterocycles. The first-order chi connectivity index (χ1) is 11.3. The number of nitrogens with one attached hydrogen (secondary N) is 1. The molecule has 8 nitrogen and oxygen atoms in total. The Morgan fingerprint density at radius 1 is 1.29 bits per heavy atom. The van der Waals surface area contributed by atoms with Crippen LogP contribution >= 0.6 is 23.1 Å². The molecule has 0 radical (unpaired) electrons. The Morgan fingerprint density at radius 3 is 2.50 bits per heavy atom. The number of nitrogens with two attached hydrogens (primary N) is 2. The van der Waals surface area contributed by atoms with E-state index in [9.17, 15) is 9.59 Å². The highest BCUT2D eigenvalue weighted by atomic mass is 32.2. The minimum atomic E-state index is -0.480. The van der Waals surface area contributed by atoms with Gasteiger partial charge in [-0.1, -0.05) is 11.8 Å². The number of aromatic nitrogens is 2. The molecule has 0 aliphatic rings. The van der Waals surface area contributed by atoms with Gasteiger partial charge in [-0.3, -0.25) is 4.79 Å². The van der Waals surface area contributed by atoms with E-state index in [-0.39, 0.29) is 23.3 Å². The van der Waals surface area contributed by atoms with Crippen molar-refractivity contribution in [3.63, 3.8) is 0 Å². The molecule has 10 heteroatoms. The smallest absolute Gasteiger partial charge is 0.341 e. The molecule has 2 aromatic rings. The third kappa shape index (κ3) is 4.15. The number of thioether (sulfide) groups is 1. The summed E-state index contributed by atoms with van der Waals surface area (Å²) >= 11 is 2.43. The van der Waals surface area contributed by atoms with Gasteiger partial charge >= 0.3 is 5.97 Å². The summed E-state index contributed by atoms with van der Waals surface area (Å²) in [6.07, 6.45) is 0. The van der Waals surface area contributed by atoms with E-state index >= 15 is 0 Å². The van der Waals surface area contributed by atoms with E-state index in [1.165, 1.54) is 24.5 Å². The molecule has 0 spiro atoms. The predicted octanol–water partition coefficient (Wildman–Crippen LogP) is 1.84. The van der Waals surface area contributed by atoms with Gasteiger partial charge in [0.25, 0.3) is 0 Å². The zero-order chi connectivity index (χ0) is 17.9. The van der Waals surface area contributed by atoms with E-state index in [1.807, 2.05) is 13.8 Å². The summed E-state index contributed by atoms with van der Waals surface area (Å²) in [6.45, 7) is 3.69. The summed E-state index contributed by atoms with van der Waals surface area (Å²) in [5.74, 6) is -0.243. The highest BCUT2D eigenvalue weighted by Crippen LogP contribution is 2.33. The maximum Gasteiger partial charge on any atom is 0.341 e. The molecule has 0 atom stereocenters. The summed E-state index contributed by atoms with van der Waals surface area (Å²) in [6, 6.07) is 1.43. The largest absolute Gasteiger partial charge is 0.465 e. The van der Waals surface area contributed by atoms with Crippen LogP contribution in [-0.4, -0.2) is 34.7 Å². The van der Waals surface area contributed by atoms with Crippen LogP contribution in [0.15, 0.2) is 11.2 Å². The van der Waals surface area contributed by atoms with Crippen molar-refractivity contribution in [1.82, 2.24) is 9.97 Å². The molecule has 1 amide bonds. The second-order valence-electron chi connectivity index (χ2n) is 4.82. The Bertz CT molecular complexity index is 771. The number of methoxy groups -OCH3 is 1. The molecule has 5 N–H and O–H groups in total. The Labute approximate surface area is 147 Å². The lowest BCUT2D eigenvalue weighted by Gasteiger charge is -2.06. The molecule has 0 saturated carbocycles. The van der Waals surface area contributed by atoms with Gasteiger partial charge in [0.15, 0.2) is 5.16 Å². The van der Waals surface area contributed by atoms with E-state index < -0.39 is 5.97 Å². The molecule has 128 valence electrons. The average molecular weight is 367 g/mol. The molecule has 2 aromatic heterocycles. The second kappa shape index (κ2) is 7.49. The highest BCUT2D eigenvalue weighted by molar-refractivity contribution is 7.99. The number of aryl methyl sites for hydroxylation is 1. The van der Waals surface area contributed by atoms with Crippen molar-refractivity contribution in [3.05, 3.63) is 22.1 Å². The molecule has 0 saturated heterocycles. The topological polar surface area (TPSA) is 133 Å². The zero-order valence-electron chi connectivity index (χ0n) is 13.4. The molecule has 0 unspecified atom stereocenters. The number of esters is 1. The molecule has 0 aliphatic heterocycles. The lowest BCUT2D eigenvalue weighted by atomic mass is 10.1. The van der Waals surface area contributed by atoms with E-state index in [0.29, 0.717) is 15.7 Å². The molecule has 24 heavy (non-hydrogen) atoms. The van der Waals surface area contributed by atoms with Gasteiger partial charge in [-0.25, -0.2) is 14.8 Å². The molecular weight excluding hydrogens is 350 g/mol. The number of carbonyl (C=O) groups is 2. The third-order valence-electron chi connectivity index (χ3n) is 3.11. The van der Waals surface area contributed by atoms with Gasteiger partial charge in [0.05, 0.1) is 18.4 Å². The molecular formula is C14H17N5O3S2. The van der Waals surface area contributed by atoms with Gasteiger partial charge in [-0.2, -0.15) is 0 Å². The number of nitrogen functional groups attached to an aromatic ring is 2. The maximum absolute atomic E-state index is 12.1. The van der Waals surface area contributed by atoms with Crippen molar-refractivity contribution >= 4 is 51.6 Å². The van der Waals surface area contributed by atoms with Gasteiger partial charge in [0.1, 0.15) is 16.6 Å². The van der Waals surface area contributed by atoms with Gasteiger partial charge in [0, 0.05) is 10.9 Å². The first-order valence-corrected chi connectivity index (χ1v) is 8.63. The van der Waals surface area contributed by atoms with Crippen molar-refractivity contribution in [2.24, 2.45) is 0 Å². The van der Waals surface area contributed by atoms with E-state index in [4.69, 9.17) is 16.2 Å². The molecule has 0 fully saturated rings. The van der Waals surface area contributed by atoms with Crippen LogP contribution in [0, 0.1) is 13.8 Å². The average Bonchev–Trinajstić information content (AvgIpc) is 2.78. The first kappa shape index (κ1) is 18.0. The Hall–Kier alpha value is -2.33. The van der Waals surface area contributed by atoms with Crippen LogP contribution in [0.1, 0.15) is 20.8 Å². The quantitative estimate of drug-likeness (QED) is 0.414. The van der Waals surface area contributed by atoms with Gasteiger partial charge in [0.2, 0.25) is 5.91 Å². The molecule has 0 aromatic carbocycles. The number of thiophene rings is 1. The Balaban J connectivity index is 2.07. The molecule has 0 aliphatic carbocycles. The lowest BCUT2D eigenvalue weighted by molar-refractivity contribution is -0.113. The number of carbonyl (C=O) groups excluding carboxylic acids is 2. The number of ether oxygens (including phenoxy) is 1. The number of hydrogen-bond donors (Lipinski definition) is 3. The zero-order valence-corrected chi connectivity index (χ0v) is 15.0. The number of rotatable bonds is 5. The standard InChI is InChI=1S/C14H17N5O3S2/c1-6-7(2)24-12(11(6)13(21)22-3)19-10(20)5-23-14-17-8(15)4-9(16)18-14/h4H,5H2,1-3H3,(H,19,20)(H4,15,16,17,18). The van der Waals surface area contributed by atoms with Crippen molar-refractivity contribution < 1.29 is 14.3 Å². The fourth-order valence-electron chi connectivity index (χ4n) is 1.88. The van der Waals surface area contributed by atoms with Crippen molar-refractivity contribution in [2.75, 3.05) is 29.6 Å². The number of anilines is 3. The third-order valence-corrected chi connectivity index (χ3v) is 5.08. The predicted molar refractivity (Wildman–Crippen MR) is 95.3 cm³/mol. The van der Waals surface area contributed by atoms with Crippen molar-refractivity contribution in [2.45, 2.75) is 19.0 Å². The maximum atomic E-state index is 12.1. The SMILES string of the molecule is COC(=O)c1c(NC(=O)CSc2nc(N)cc(N)n2)sc(C)c1C. The van der Waals surface area contributed by atoms with Crippen LogP contribution in [0.4, 0.5) is 16.6 Å². The number of amides is 1. The van der Waals surface area contributed by atoms with Crippen LogP contribution in [0.5, 0.6) is 0 Å². The van der Waals surface area contributed by atoms with Crippen LogP contribution in [0.2, 0.25) is 0 Å². The van der Waals surface area contributed by atoms with Gasteiger partial charge in [-0.05, 0) is 19.4 Å². The summed E-state index contributed by atoms with van der Waals surface area (Å²) in [5, 5.41) is 3.51. The summed E-state index contributed by atoms with van der Waals surface area (Å²) < 4.78 is 4.77. The van der Waals surface area contributed by atoms with Crippen molar-refractivity contribution in [3.8, 4) is 0 Å². The lowest BCUT2D eigenvalue weighted by Crippen LogP contribution is -2.16. The summed E-state index contributed by atoms with van der Waals surface area (Å²) in [5.41, 5.74) is 12.3. The normalized spacial score (nSPS) is 10.5. The summed E-state index contributed by atoms with van der Waals surface area (Å²) in [7, 11) is 1.30. The molecule has 2 rings (SSSR count). The van der Waals surface area contributed by atoms with Crippen LogP contribution in [-0.2, 0) is 9.53 Å². The highest BCUT2D eigenvalue weighted by Gasteiger charge is 2.21. The summed E-state index contributed by atoms with van der Waals surface area (Å²) in [4.78, 5) is 32.9. The van der Waals surface area contributed by atoms with Gasteiger partial charge < -0.3 is 21.5 Å². The van der Waals surface area contributed by atoms with Crippen molar-refractivity contribution in [1.29, 1.82) is 0 Å². The number of nitrogens with zero attached hydrogens (tertiary/aromatic N) is 2. The van der Waals surface area contributed by atoms with Crippen LogP contribution in [0.3, 0.4) is 0 Å². The number of hydrogen-bond acceptors (Lipinski definition) is 9. The fraction of sp³-hybridized carbons (Fsp3) is 0.286. The van der Waals surface area contributed by atoms with Gasteiger partial charge in [-0.15, -0.1) is 11.3 Å². The second-order valence-corrected chi connectivity index (χ2v) is 6.98. The van der Waals surface area contributed by atoms with E-state index in [2.05, 4.69) is 15.3 Å². The fourth-order valence-corrected chi connectivity index (χ4v) is 3.62. The first-order valence-electron chi connectivity index (χ1n) is 6.82. The van der Waals surface area contributed by atoms with E-state index in [1.54, 1.807) is 0 Å².